The van der Waals surface area contributed by atoms with Crippen molar-refractivity contribution in [3.8, 4) is 0 Å². The van der Waals surface area contributed by atoms with Crippen LogP contribution in [0, 0.1) is 0 Å². The Labute approximate surface area is 200 Å². The van der Waals surface area contributed by atoms with Crippen LogP contribution in [0.4, 0.5) is 0 Å². The third-order valence-corrected chi connectivity index (χ3v) is 25.6. The fraction of sp³-hybridized carbons (Fsp3) is 0.273. The first-order valence-electron chi connectivity index (χ1n) is 9.11. The Morgan fingerprint density at radius 3 is 1.46 bits per heavy atom. The van der Waals surface area contributed by atoms with Crippen LogP contribution in [-0.2, 0) is 17.4 Å². The molecule has 0 radical (unpaired) electrons. The molecule has 0 N–H and O–H groups in total. The van der Waals surface area contributed by atoms with Gasteiger partial charge in [-0.3, -0.25) is 0 Å². The molecule has 2 aliphatic rings. The van der Waals surface area contributed by atoms with E-state index in [1.807, 2.05) is 0 Å². The van der Waals surface area contributed by atoms with Crippen molar-refractivity contribution in [1.29, 1.82) is 0 Å². The van der Waals surface area contributed by atoms with Crippen molar-refractivity contribution in [2.24, 2.45) is 0 Å². The van der Waals surface area contributed by atoms with Gasteiger partial charge in [0.2, 0.25) is 0 Å². The predicted molar refractivity (Wildman–Crippen MR) is 136 cm³/mol. The third kappa shape index (κ3) is 3.69. The number of hydrogen-bond donors (Lipinski definition) is 0. The van der Waals surface area contributed by atoms with Gasteiger partial charge in [0.1, 0.15) is 0 Å². The number of rotatable bonds is 2. The summed E-state index contributed by atoms with van der Waals surface area (Å²) in [5.41, 5.74) is 8.99. The summed E-state index contributed by atoms with van der Waals surface area (Å²) in [6.07, 6.45) is 4.85. The maximum Gasteiger partial charge on any atom is -0.147 e. The molecule has 2 aromatic rings. The molecule has 4 rings (SSSR count). The molecule has 0 aliphatic heterocycles. The molecule has 0 fully saturated rings. The van der Waals surface area contributed by atoms with E-state index in [0.29, 0.717) is 7.25 Å². The summed E-state index contributed by atoms with van der Waals surface area (Å²) in [6, 6.07) is 13.5. The fourth-order valence-electron chi connectivity index (χ4n) is 5.71. The molecule has 2 atom stereocenters. The van der Waals surface area contributed by atoms with Gasteiger partial charge in [0.15, 0.2) is 0 Å². The maximum absolute atomic E-state index is 3.78. The Morgan fingerprint density at radius 1 is 0.750 bits per heavy atom. The van der Waals surface area contributed by atoms with Crippen LogP contribution < -0.4 is 0 Å². The fourth-order valence-corrected chi connectivity index (χ4v) is 28.0. The van der Waals surface area contributed by atoms with Crippen molar-refractivity contribution < 1.29 is 17.4 Å². The van der Waals surface area contributed by atoms with Crippen LogP contribution in [0.2, 0.25) is 9.26 Å². The van der Waals surface area contributed by atoms with E-state index in [4.69, 9.17) is 0 Å². The third-order valence-electron chi connectivity index (χ3n) is 6.35. The largest absolute Gasteiger partial charge is 0.147 e. The van der Waals surface area contributed by atoms with Gasteiger partial charge in [-0.15, -0.1) is 24.8 Å². The molecule has 6 heteroatoms. The van der Waals surface area contributed by atoms with Crippen molar-refractivity contribution >= 4 is 75.7 Å². The van der Waals surface area contributed by atoms with Crippen molar-refractivity contribution in [1.82, 2.24) is 0 Å². The minimum Gasteiger partial charge on any atom is -0.147 e. The zero-order chi connectivity index (χ0) is 18.9. The summed E-state index contributed by atoms with van der Waals surface area (Å²) in [5.74, 6) is 0. The summed E-state index contributed by atoms with van der Waals surface area (Å²) in [4.78, 5) is 0. The number of benzene rings is 2. The number of fused-ring (bicyclic) bond motifs is 2. The first-order chi connectivity index (χ1) is 12.1. The van der Waals surface area contributed by atoms with Gasteiger partial charge in [0, 0.05) is 0 Å². The first-order valence-corrected chi connectivity index (χ1v) is 24.4. The minimum atomic E-state index is -3.26. The van der Waals surface area contributed by atoms with Crippen LogP contribution in [0.3, 0.4) is 0 Å². The average molecular weight is 640 g/mol. The molecular weight excluding hydrogens is 614 g/mol. The van der Waals surface area contributed by atoms with Crippen LogP contribution in [0.25, 0.3) is 12.2 Å². The smallest absolute Gasteiger partial charge is 0.147 e. The molecule has 0 heterocycles. The quantitative estimate of drug-likeness (QED) is 0.292. The monoisotopic (exact) mass is 636 g/mol. The van der Waals surface area contributed by atoms with E-state index in [0.717, 1.165) is 0 Å². The first kappa shape index (κ1) is 24.8. The summed E-state index contributed by atoms with van der Waals surface area (Å²) in [7, 11) is 0. The van der Waals surface area contributed by atoms with Gasteiger partial charge in [0.25, 0.3) is 0 Å². The zero-order valence-corrected chi connectivity index (χ0v) is 25.2. The van der Waals surface area contributed by atoms with E-state index in [1.54, 1.807) is 22.3 Å². The van der Waals surface area contributed by atoms with E-state index in [1.165, 1.54) is 20.1 Å². The molecule has 0 amide bonds. The Bertz CT molecular complexity index is 1000. The average Bonchev–Trinajstić information content (AvgIpc) is 3.06. The summed E-state index contributed by atoms with van der Waals surface area (Å²) < 4.78 is 9.01. The minimum absolute atomic E-state index is 0. The molecule has 0 saturated heterocycles. The van der Waals surface area contributed by atoms with Gasteiger partial charge in [-0.25, -0.2) is 0 Å². The molecular formula is C22H26Br2Cl2SiZr. The Hall–Kier alpha value is 0.560. The predicted octanol–water partition coefficient (Wildman–Crippen LogP) is 8.01. The second-order valence-electron chi connectivity index (χ2n) is 9.06. The second kappa shape index (κ2) is 8.24. The number of hydrogen-bond acceptors (Lipinski definition) is 0. The van der Waals surface area contributed by atoms with E-state index in [2.05, 4.69) is 110 Å². The van der Waals surface area contributed by atoms with E-state index < -0.39 is 17.4 Å². The van der Waals surface area contributed by atoms with Crippen LogP contribution in [0.1, 0.15) is 43.4 Å². The number of allylic oxidation sites excluding steroid dienone is 2. The standard InChI is InChI=1S/2C10H8Br.2CH3.2ClH.H2Si.Zr/c2*1-7-5-8-3-2-4-10(11)9(8)6-7;;;;;;/h2*2-6H,1H3;2*1H3;2*1H;1H2;. The zero-order valence-electron chi connectivity index (χ0n) is 16.6. The second-order valence-corrected chi connectivity index (χ2v) is 41.2. The summed E-state index contributed by atoms with van der Waals surface area (Å²) in [6.45, 7) is 7.09. The molecule has 2 aliphatic carbocycles. The molecule has 2 aromatic carbocycles. The van der Waals surface area contributed by atoms with Crippen molar-refractivity contribution in [2.75, 3.05) is 0 Å². The van der Waals surface area contributed by atoms with Gasteiger partial charge >= 0.3 is 177 Å². The van der Waals surface area contributed by atoms with Gasteiger partial charge in [-0.2, -0.15) is 0 Å². The van der Waals surface area contributed by atoms with E-state index in [-0.39, 0.29) is 24.8 Å². The molecule has 0 saturated carbocycles. The van der Waals surface area contributed by atoms with Crippen LogP contribution in [-0.4, -0.2) is 6.88 Å². The molecule has 0 bridgehead atoms. The summed E-state index contributed by atoms with van der Waals surface area (Å²) in [5, 5.41) is 0. The van der Waals surface area contributed by atoms with Crippen molar-refractivity contribution in [3.63, 3.8) is 0 Å². The van der Waals surface area contributed by atoms with Gasteiger partial charge < -0.3 is 0 Å². The SMILES string of the molecule is CC1=Cc2c(Br)cccc2[CH]1[Zr]([CH3])([CH3])(=[SiH2])[CH]1C(C)=Cc2c(Br)cccc21.Cl.Cl. The Kier molecular flexibility index (Phi) is 7.31. The molecule has 150 valence electrons. The van der Waals surface area contributed by atoms with Crippen LogP contribution >= 0.6 is 56.7 Å². The van der Waals surface area contributed by atoms with Gasteiger partial charge in [-0.1, -0.05) is 0 Å². The molecule has 0 spiro atoms. The Morgan fingerprint density at radius 2 is 1.11 bits per heavy atom. The van der Waals surface area contributed by atoms with Crippen molar-refractivity contribution in [2.45, 2.75) is 30.4 Å². The van der Waals surface area contributed by atoms with Crippen molar-refractivity contribution in [3.05, 3.63) is 78.7 Å². The number of halogens is 4. The van der Waals surface area contributed by atoms with Gasteiger partial charge in [-0.05, 0) is 0 Å². The van der Waals surface area contributed by atoms with E-state index >= 15 is 0 Å². The molecule has 28 heavy (non-hydrogen) atoms. The Balaban J connectivity index is 0.00000140. The topological polar surface area (TPSA) is 0 Å². The summed E-state index contributed by atoms with van der Waals surface area (Å²) >= 11 is 4.30. The maximum atomic E-state index is 3.78. The molecule has 0 aromatic heterocycles. The van der Waals surface area contributed by atoms with E-state index in [9.17, 15) is 0 Å². The normalized spacial score (nSPS) is 20.4. The van der Waals surface area contributed by atoms with Crippen LogP contribution in [0.5, 0.6) is 0 Å². The van der Waals surface area contributed by atoms with Gasteiger partial charge in [0.05, 0.1) is 0 Å². The van der Waals surface area contributed by atoms with Crippen LogP contribution in [0.15, 0.2) is 56.5 Å². The molecule has 0 nitrogen and oxygen atoms in total. The molecule has 2 unspecified atom stereocenters.